The quantitative estimate of drug-likeness (QED) is 0.854. The highest BCUT2D eigenvalue weighted by atomic mass is 35.5. The molecule has 7 heteroatoms. The van der Waals surface area contributed by atoms with Crippen LogP contribution in [-0.2, 0) is 6.54 Å². The zero-order chi connectivity index (χ0) is 16.4. The molecule has 0 atom stereocenters. The molecular formula is C16H16ClN3O2S. The summed E-state index contributed by atoms with van der Waals surface area (Å²) in [6, 6.07) is 8.42. The number of thioether (sulfide) groups is 1. The van der Waals surface area contributed by atoms with E-state index < -0.39 is 0 Å². The summed E-state index contributed by atoms with van der Waals surface area (Å²) >= 11 is 7.77. The van der Waals surface area contributed by atoms with Crippen molar-refractivity contribution < 1.29 is 4.79 Å². The second-order valence-electron chi connectivity index (χ2n) is 5.20. The average Bonchev–Trinajstić information content (AvgIpc) is 2.56. The van der Waals surface area contributed by atoms with Crippen LogP contribution in [0.1, 0.15) is 23.8 Å². The Kier molecular flexibility index (Phi) is 4.73. The molecular weight excluding hydrogens is 334 g/mol. The van der Waals surface area contributed by atoms with Gasteiger partial charge in [0.15, 0.2) is 0 Å². The lowest BCUT2D eigenvalue weighted by Crippen LogP contribution is -2.37. The van der Waals surface area contributed by atoms with Crippen LogP contribution in [0, 0.1) is 0 Å². The SMILES string of the molecule is CCCn1nc(C(=O)N2CCSc3ccc(Cl)cc32)ccc1=O. The fraction of sp³-hybridized carbons (Fsp3) is 0.312. The molecule has 23 heavy (non-hydrogen) atoms. The number of anilines is 1. The van der Waals surface area contributed by atoms with E-state index in [1.165, 1.54) is 16.8 Å². The van der Waals surface area contributed by atoms with Crippen molar-refractivity contribution in [3.05, 3.63) is 51.4 Å². The first-order chi connectivity index (χ1) is 11.1. The lowest BCUT2D eigenvalue weighted by molar-refractivity contribution is 0.0980. The summed E-state index contributed by atoms with van der Waals surface area (Å²) in [5, 5.41) is 4.80. The van der Waals surface area contributed by atoms with Crippen LogP contribution >= 0.6 is 23.4 Å². The monoisotopic (exact) mass is 349 g/mol. The zero-order valence-electron chi connectivity index (χ0n) is 12.7. The van der Waals surface area contributed by atoms with Gasteiger partial charge in [-0.05, 0) is 30.7 Å². The summed E-state index contributed by atoms with van der Waals surface area (Å²) in [4.78, 5) is 27.3. The molecule has 0 N–H and O–H groups in total. The highest BCUT2D eigenvalue weighted by molar-refractivity contribution is 7.99. The van der Waals surface area contributed by atoms with Crippen molar-refractivity contribution in [1.82, 2.24) is 9.78 Å². The van der Waals surface area contributed by atoms with E-state index in [9.17, 15) is 9.59 Å². The molecule has 2 heterocycles. The predicted molar refractivity (Wildman–Crippen MR) is 92.6 cm³/mol. The largest absolute Gasteiger partial charge is 0.305 e. The number of benzene rings is 1. The minimum Gasteiger partial charge on any atom is -0.305 e. The van der Waals surface area contributed by atoms with Gasteiger partial charge >= 0.3 is 0 Å². The lowest BCUT2D eigenvalue weighted by atomic mass is 10.2. The van der Waals surface area contributed by atoms with Gasteiger partial charge in [0.05, 0.1) is 5.69 Å². The molecule has 1 aliphatic rings. The van der Waals surface area contributed by atoms with Crippen molar-refractivity contribution in [3.8, 4) is 0 Å². The smallest absolute Gasteiger partial charge is 0.278 e. The Labute approximate surface area is 143 Å². The average molecular weight is 350 g/mol. The zero-order valence-corrected chi connectivity index (χ0v) is 14.2. The number of halogens is 1. The Morgan fingerprint density at radius 1 is 1.35 bits per heavy atom. The number of rotatable bonds is 3. The number of aryl methyl sites for hydroxylation is 1. The minimum atomic E-state index is -0.210. The molecule has 0 saturated heterocycles. The maximum Gasteiger partial charge on any atom is 0.278 e. The van der Waals surface area contributed by atoms with Crippen LogP contribution < -0.4 is 10.5 Å². The molecule has 0 aliphatic carbocycles. The van der Waals surface area contributed by atoms with Crippen LogP contribution in [0.15, 0.2) is 40.0 Å². The highest BCUT2D eigenvalue weighted by Crippen LogP contribution is 2.37. The van der Waals surface area contributed by atoms with Crippen molar-refractivity contribution >= 4 is 35.0 Å². The van der Waals surface area contributed by atoms with E-state index >= 15 is 0 Å². The van der Waals surface area contributed by atoms with Gasteiger partial charge in [0.25, 0.3) is 11.5 Å². The predicted octanol–water partition coefficient (Wildman–Crippen LogP) is 3.06. The van der Waals surface area contributed by atoms with Gasteiger partial charge in [-0.25, -0.2) is 4.68 Å². The first-order valence-corrected chi connectivity index (χ1v) is 8.79. The summed E-state index contributed by atoms with van der Waals surface area (Å²) < 4.78 is 1.34. The molecule has 0 unspecified atom stereocenters. The second-order valence-corrected chi connectivity index (χ2v) is 6.77. The molecule has 120 valence electrons. The minimum absolute atomic E-state index is 0.193. The summed E-state index contributed by atoms with van der Waals surface area (Å²) in [5.41, 5.74) is 0.880. The van der Waals surface area contributed by atoms with Crippen LogP contribution in [-0.4, -0.2) is 28.0 Å². The van der Waals surface area contributed by atoms with Crippen LogP contribution in [0.5, 0.6) is 0 Å². The molecule has 0 bridgehead atoms. The highest BCUT2D eigenvalue weighted by Gasteiger charge is 2.25. The van der Waals surface area contributed by atoms with Crippen molar-refractivity contribution in [1.29, 1.82) is 0 Å². The van der Waals surface area contributed by atoms with Crippen molar-refractivity contribution in [3.63, 3.8) is 0 Å². The normalized spacial score (nSPS) is 13.7. The fourth-order valence-corrected chi connectivity index (χ4v) is 3.62. The van der Waals surface area contributed by atoms with Gasteiger partial charge in [-0.2, -0.15) is 5.10 Å². The van der Waals surface area contributed by atoms with Crippen molar-refractivity contribution in [2.45, 2.75) is 24.8 Å². The summed E-state index contributed by atoms with van der Waals surface area (Å²) in [6.45, 7) is 3.05. The van der Waals surface area contributed by atoms with Gasteiger partial charge < -0.3 is 4.90 Å². The number of carbonyl (C=O) groups is 1. The fourth-order valence-electron chi connectivity index (χ4n) is 2.48. The number of hydrogen-bond acceptors (Lipinski definition) is 4. The van der Waals surface area contributed by atoms with Gasteiger partial charge in [-0.3, -0.25) is 9.59 Å². The first kappa shape index (κ1) is 16.1. The number of fused-ring (bicyclic) bond motifs is 1. The molecule has 0 spiro atoms. The number of amides is 1. The van der Waals surface area contributed by atoms with Gasteiger partial charge in [-0.1, -0.05) is 18.5 Å². The van der Waals surface area contributed by atoms with E-state index in [2.05, 4.69) is 5.10 Å². The maximum atomic E-state index is 12.8. The molecule has 5 nitrogen and oxygen atoms in total. The Morgan fingerprint density at radius 3 is 2.96 bits per heavy atom. The van der Waals surface area contributed by atoms with Gasteiger partial charge in [-0.15, -0.1) is 11.8 Å². The second kappa shape index (κ2) is 6.76. The van der Waals surface area contributed by atoms with E-state index in [-0.39, 0.29) is 17.2 Å². The topological polar surface area (TPSA) is 55.2 Å². The standard InChI is InChI=1S/C16H16ClN3O2S/c1-2-7-20-15(21)6-4-12(18-20)16(22)19-8-9-23-14-5-3-11(17)10-13(14)19/h3-6,10H,2,7-9H2,1H3. The van der Waals surface area contributed by atoms with Gasteiger partial charge in [0.1, 0.15) is 5.69 Å². The van der Waals surface area contributed by atoms with Crippen molar-refractivity contribution in [2.24, 2.45) is 0 Å². The molecule has 0 radical (unpaired) electrons. The third-order valence-corrected chi connectivity index (χ3v) is 4.83. The van der Waals surface area contributed by atoms with Crippen molar-refractivity contribution in [2.75, 3.05) is 17.2 Å². The Morgan fingerprint density at radius 2 is 2.17 bits per heavy atom. The van der Waals surface area contributed by atoms with E-state index in [4.69, 9.17) is 11.6 Å². The maximum absolute atomic E-state index is 12.8. The van der Waals surface area contributed by atoms with E-state index in [0.29, 0.717) is 18.1 Å². The molecule has 1 aromatic carbocycles. The molecule has 0 fully saturated rings. The summed E-state index contributed by atoms with van der Waals surface area (Å²) in [7, 11) is 0. The molecule has 3 rings (SSSR count). The summed E-state index contributed by atoms with van der Waals surface area (Å²) in [6.07, 6.45) is 0.781. The molecule has 1 aliphatic heterocycles. The molecule has 1 amide bonds. The van der Waals surface area contributed by atoms with E-state index in [0.717, 1.165) is 22.8 Å². The van der Waals surface area contributed by atoms with Crippen LogP contribution in [0.25, 0.3) is 0 Å². The van der Waals surface area contributed by atoms with Gasteiger partial charge in [0, 0.05) is 34.8 Å². The molecule has 1 aromatic heterocycles. The first-order valence-electron chi connectivity index (χ1n) is 7.42. The molecule has 2 aromatic rings. The van der Waals surface area contributed by atoms with Crippen LogP contribution in [0.3, 0.4) is 0 Å². The molecule has 0 saturated carbocycles. The third-order valence-electron chi connectivity index (χ3n) is 3.55. The third kappa shape index (κ3) is 3.28. The number of aromatic nitrogens is 2. The Bertz CT molecular complexity index is 806. The van der Waals surface area contributed by atoms with Crippen LogP contribution in [0.2, 0.25) is 5.02 Å². The number of nitrogens with zero attached hydrogens (tertiary/aromatic N) is 3. The van der Waals surface area contributed by atoms with Gasteiger partial charge in [0.2, 0.25) is 0 Å². The van der Waals surface area contributed by atoms with Crippen LogP contribution in [0.4, 0.5) is 5.69 Å². The van der Waals surface area contributed by atoms with E-state index in [1.54, 1.807) is 22.7 Å². The number of carbonyl (C=O) groups excluding carboxylic acids is 1. The Balaban J connectivity index is 1.97. The Hall–Kier alpha value is -1.79. The van der Waals surface area contributed by atoms with E-state index in [1.807, 2.05) is 19.1 Å². The lowest BCUT2D eigenvalue weighted by Gasteiger charge is -2.29. The summed E-state index contributed by atoms with van der Waals surface area (Å²) in [5.74, 6) is 0.605. The number of hydrogen-bond donors (Lipinski definition) is 0.